The lowest BCUT2D eigenvalue weighted by Crippen LogP contribution is -2.17. The smallest absolute Gasteiger partial charge is 0.356 e. The van der Waals surface area contributed by atoms with Crippen molar-refractivity contribution in [1.82, 2.24) is 14.9 Å². The van der Waals surface area contributed by atoms with Crippen molar-refractivity contribution in [3.8, 4) is 0 Å². The second-order valence-electron chi connectivity index (χ2n) is 4.87. The Morgan fingerprint density at radius 2 is 2.35 bits per heavy atom. The molecule has 1 aromatic rings. The van der Waals surface area contributed by atoms with E-state index in [2.05, 4.69) is 14.9 Å². The third kappa shape index (κ3) is 1.74. The lowest BCUT2D eigenvalue weighted by Gasteiger charge is -2.18. The van der Waals surface area contributed by atoms with E-state index in [0.717, 1.165) is 56.8 Å². The molecule has 3 heterocycles. The number of fused-ring (bicyclic) bond motifs is 1. The SMILES string of the molecule is O=C(O)c1nc(C2CCNC2)n2c1CCCC2. The van der Waals surface area contributed by atoms with Crippen molar-refractivity contribution in [1.29, 1.82) is 0 Å². The number of aromatic carboxylic acids is 1. The van der Waals surface area contributed by atoms with Gasteiger partial charge in [-0.05, 0) is 32.2 Å². The quantitative estimate of drug-likeness (QED) is 0.802. The Hall–Kier alpha value is -1.36. The lowest BCUT2D eigenvalue weighted by molar-refractivity contribution is 0.0689. The molecule has 1 aromatic heterocycles. The number of carbonyl (C=O) groups is 1. The Balaban J connectivity index is 2.05. The molecular formula is C12H17N3O2. The van der Waals surface area contributed by atoms with E-state index in [0.29, 0.717) is 5.92 Å². The maximum absolute atomic E-state index is 11.2. The average Bonchev–Trinajstić information content (AvgIpc) is 2.95. The molecule has 1 fully saturated rings. The van der Waals surface area contributed by atoms with Crippen molar-refractivity contribution in [2.24, 2.45) is 0 Å². The Morgan fingerprint density at radius 1 is 1.47 bits per heavy atom. The molecule has 1 unspecified atom stereocenters. The molecule has 5 nitrogen and oxygen atoms in total. The predicted molar refractivity (Wildman–Crippen MR) is 62.4 cm³/mol. The highest BCUT2D eigenvalue weighted by Crippen LogP contribution is 2.28. The first-order chi connectivity index (χ1) is 8.27. The molecule has 0 amide bonds. The average molecular weight is 235 g/mol. The Morgan fingerprint density at radius 3 is 3.06 bits per heavy atom. The van der Waals surface area contributed by atoms with Gasteiger partial charge < -0.3 is 15.0 Å². The van der Waals surface area contributed by atoms with Crippen LogP contribution in [-0.4, -0.2) is 33.7 Å². The van der Waals surface area contributed by atoms with Gasteiger partial charge in [-0.15, -0.1) is 0 Å². The van der Waals surface area contributed by atoms with Crippen LogP contribution >= 0.6 is 0 Å². The van der Waals surface area contributed by atoms with Crippen LogP contribution in [0.2, 0.25) is 0 Å². The van der Waals surface area contributed by atoms with E-state index < -0.39 is 5.97 Å². The third-order valence-electron chi connectivity index (χ3n) is 3.78. The molecule has 0 bridgehead atoms. The molecule has 0 saturated carbocycles. The van der Waals surface area contributed by atoms with Gasteiger partial charge in [0.15, 0.2) is 5.69 Å². The number of nitrogens with one attached hydrogen (secondary N) is 1. The fraction of sp³-hybridized carbons (Fsp3) is 0.667. The van der Waals surface area contributed by atoms with Crippen LogP contribution in [0.15, 0.2) is 0 Å². The van der Waals surface area contributed by atoms with E-state index in [4.69, 9.17) is 0 Å². The first kappa shape index (κ1) is 10.8. The molecule has 2 N–H and O–H groups in total. The van der Waals surface area contributed by atoms with Gasteiger partial charge in [0.1, 0.15) is 5.82 Å². The van der Waals surface area contributed by atoms with Crippen LogP contribution in [0.3, 0.4) is 0 Å². The summed E-state index contributed by atoms with van der Waals surface area (Å²) in [7, 11) is 0. The van der Waals surface area contributed by atoms with Gasteiger partial charge in [0, 0.05) is 19.0 Å². The van der Waals surface area contributed by atoms with Crippen LogP contribution in [0.4, 0.5) is 0 Å². The third-order valence-corrected chi connectivity index (χ3v) is 3.78. The fourth-order valence-corrected chi connectivity index (χ4v) is 2.93. The van der Waals surface area contributed by atoms with Crippen LogP contribution in [0, 0.1) is 0 Å². The maximum Gasteiger partial charge on any atom is 0.356 e. The number of aromatic nitrogens is 2. The summed E-state index contributed by atoms with van der Waals surface area (Å²) in [4.78, 5) is 15.6. The van der Waals surface area contributed by atoms with E-state index in [1.165, 1.54) is 0 Å². The van der Waals surface area contributed by atoms with Crippen molar-refractivity contribution in [2.45, 2.75) is 38.1 Å². The van der Waals surface area contributed by atoms with E-state index in [1.807, 2.05) is 0 Å². The number of hydrogen-bond acceptors (Lipinski definition) is 3. The normalized spacial score (nSPS) is 23.6. The molecule has 2 aliphatic rings. The lowest BCUT2D eigenvalue weighted by atomic mass is 10.1. The minimum atomic E-state index is -0.882. The van der Waals surface area contributed by atoms with Gasteiger partial charge in [-0.3, -0.25) is 0 Å². The highest BCUT2D eigenvalue weighted by Gasteiger charge is 2.29. The number of rotatable bonds is 2. The Bertz CT molecular complexity index is 447. The van der Waals surface area contributed by atoms with Gasteiger partial charge in [-0.2, -0.15) is 0 Å². The van der Waals surface area contributed by atoms with Gasteiger partial charge in [0.25, 0.3) is 0 Å². The monoisotopic (exact) mass is 235 g/mol. The van der Waals surface area contributed by atoms with E-state index in [9.17, 15) is 9.90 Å². The van der Waals surface area contributed by atoms with Crippen LogP contribution in [0.5, 0.6) is 0 Å². The highest BCUT2D eigenvalue weighted by atomic mass is 16.4. The zero-order valence-corrected chi connectivity index (χ0v) is 9.78. The van der Waals surface area contributed by atoms with Gasteiger partial charge in [0.05, 0.1) is 5.69 Å². The Kier molecular flexibility index (Phi) is 2.63. The van der Waals surface area contributed by atoms with Gasteiger partial charge in [-0.1, -0.05) is 0 Å². The van der Waals surface area contributed by atoms with Crippen molar-refractivity contribution < 1.29 is 9.90 Å². The second-order valence-corrected chi connectivity index (χ2v) is 4.87. The molecule has 92 valence electrons. The summed E-state index contributed by atoms with van der Waals surface area (Å²) in [5.41, 5.74) is 1.22. The van der Waals surface area contributed by atoms with Gasteiger partial charge in [0.2, 0.25) is 0 Å². The van der Waals surface area contributed by atoms with Crippen LogP contribution in [0.25, 0.3) is 0 Å². The maximum atomic E-state index is 11.2. The molecule has 0 spiro atoms. The van der Waals surface area contributed by atoms with Crippen molar-refractivity contribution in [3.63, 3.8) is 0 Å². The zero-order valence-electron chi connectivity index (χ0n) is 9.78. The van der Waals surface area contributed by atoms with Crippen LogP contribution in [-0.2, 0) is 13.0 Å². The number of imidazole rings is 1. The zero-order chi connectivity index (χ0) is 11.8. The molecule has 0 aromatic carbocycles. The molecule has 0 aliphatic carbocycles. The summed E-state index contributed by atoms with van der Waals surface area (Å²) >= 11 is 0. The van der Waals surface area contributed by atoms with Crippen molar-refractivity contribution in [2.75, 3.05) is 13.1 Å². The van der Waals surface area contributed by atoms with Gasteiger partial charge in [-0.25, -0.2) is 9.78 Å². The van der Waals surface area contributed by atoms with Crippen LogP contribution < -0.4 is 5.32 Å². The minimum absolute atomic E-state index is 0.284. The Labute approximate surface area is 99.8 Å². The number of carboxylic acid groups (broad SMARTS) is 1. The largest absolute Gasteiger partial charge is 0.476 e. The topological polar surface area (TPSA) is 67.2 Å². The highest BCUT2D eigenvalue weighted by molar-refractivity contribution is 5.87. The van der Waals surface area contributed by atoms with Crippen LogP contribution in [0.1, 0.15) is 47.2 Å². The number of carboxylic acids is 1. The minimum Gasteiger partial charge on any atom is -0.476 e. The molecular weight excluding hydrogens is 218 g/mol. The molecule has 1 atom stereocenters. The first-order valence-electron chi connectivity index (χ1n) is 6.30. The standard InChI is InChI=1S/C12H17N3O2/c16-12(17)10-9-3-1-2-6-15(9)11(14-10)8-4-5-13-7-8/h8,13H,1-7H2,(H,16,17). The van der Waals surface area contributed by atoms with Gasteiger partial charge >= 0.3 is 5.97 Å². The molecule has 0 radical (unpaired) electrons. The molecule has 2 aliphatic heterocycles. The van der Waals surface area contributed by atoms with E-state index in [-0.39, 0.29) is 5.69 Å². The summed E-state index contributed by atoms with van der Waals surface area (Å²) in [6, 6.07) is 0. The summed E-state index contributed by atoms with van der Waals surface area (Å²) in [5.74, 6) is 0.495. The van der Waals surface area contributed by atoms with Crippen molar-refractivity contribution in [3.05, 3.63) is 17.2 Å². The summed E-state index contributed by atoms with van der Waals surface area (Å²) in [5, 5.41) is 12.5. The van der Waals surface area contributed by atoms with E-state index >= 15 is 0 Å². The summed E-state index contributed by atoms with van der Waals surface area (Å²) in [6.45, 7) is 2.87. The molecule has 3 rings (SSSR count). The second kappa shape index (κ2) is 4.14. The number of nitrogens with zero attached hydrogens (tertiary/aromatic N) is 2. The van der Waals surface area contributed by atoms with Crippen molar-refractivity contribution >= 4 is 5.97 Å². The summed E-state index contributed by atoms with van der Waals surface area (Å²) in [6.07, 6.45) is 4.13. The molecule has 17 heavy (non-hydrogen) atoms. The first-order valence-corrected chi connectivity index (χ1v) is 6.30. The summed E-state index contributed by atoms with van der Waals surface area (Å²) < 4.78 is 2.16. The molecule has 5 heteroatoms. The molecule has 1 saturated heterocycles. The fourth-order valence-electron chi connectivity index (χ4n) is 2.93. The van der Waals surface area contributed by atoms with E-state index in [1.54, 1.807) is 0 Å². The number of hydrogen-bond donors (Lipinski definition) is 2. The predicted octanol–water partition coefficient (Wildman–Crippen LogP) is 0.994.